The number of ether oxygens (including phenoxy) is 1. The maximum absolute atomic E-state index is 6.44. The largest absolute Gasteiger partial charge is 0.374 e. The highest BCUT2D eigenvalue weighted by molar-refractivity contribution is 4.90. The third kappa shape index (κ3) is 5.37. The van der Waals surface area contributed by atoms with Gasteiger partial charge in [0.2, 0.25) is 0 Å². The van der Waals surface area contributed by atoms with Crippen LogP contribution >= 0.6 is 0 Å². The quantitative estimate of drug-likeness (QED) is 0.670. The van der Waals surface area contributed by atoms with E-state index in [1.54, 1.807) is 0 Å². The number of hydrogen-bond acceptors (Lipinski definition) is 2. The second kappa shape index (κ2) is 7.79. The minimum absolute atomic E-state index is 0.142. The van der Waals surface area contributed by atoms with Gasteiger partial charge in [-0.1, -0.05) is 46.5 Å². The van der Waals surface area contributed by atoms with Gasteiger partial charge in [0.15, 0.2) is 0 Å². The molecule has 0 aromatic rings. The third-order valence-electron chi connectivity index (χ3n) is 5.18. The molecule has 1 N–H and O–H groups in total. The van der Waals surface area contributed by atoms with Crippen LogP contribution < -0.4 is 5.32 Å². The van der Waals surface area contributed by atoms with E-state index in [9.17, 15) is 0 Å². The molecule has 0 saturated heterocycles. The van der Waals surface area contributed by atoms with Gasteiger partial charge in [-0.2, -0.15) is 0 Å². The van der Waals surface area contributed by atoms with Gasteiger partial charge in [0.25, 0.3) is 0 Å². The van der Waals surface area contributed by atoms with Crippen molar-refractivity contribution >= 4 is 0 Å². The Morgan fingerprint density at radius 2 is 1.70 bits per heavy atom. The van der Waals surface area contributed by atoms with Crippen molar-refractivity contribution in [2.75, 3.05) is 13.2 Å². The van der Waals surface area contributed by atoms with E-state index in [-0.39, 0.29) is 5.60 Å². The molecule has 2 saturated carbocycles. The second-order valence-corrected chi connectivity index (χ2v) is 7.53. The lowest BCUT2D eigenvalue weighted by Gasteiger charge is -2.41. The van der Waals surface area contributed by atoms with Gasteiger partial charge in [-0.25, -0.2) is 0 Å². The molecule has 0 aromatic carbocycles. The topological polar surface area (TPSA) is 21.3 Å². The van der Waals surface area contributed by atoms with Crippen LogP contribution in [0.4, 0.5) is 0 Å². The Morgan fingerprint density at radius 1 is 1.05 bits per heavy atom. The molecular formula is C18H35NO. The van der Waals surface area contributed by atoms with Crippen molar-refractivity contribution in [2.24, 2.45) is 11.8 Å². The van der Waals surface area contributed by atoms with Gasteiger partial charge in [0.05, 0.1) is 5.60 Å². The summed E-state index contributed by atoms with van der Waals surface area (Å²) in [6, 6.07) is 0.562. The summed E-state index contributed by atoms with van der Waals surface area (Å²) < 4.78 is 6.44. The van der Waals surface area contributed by atoms with Crippen molar-refractivity contribution in [3.8, 4) is 0 Å². The standard InChI is InChI=1S/C18H35NO/c1-4-5-16-8-11-18(12-9-16,14-19-15(2)3)20-13-10-17-6-7-17/h15-17,19H,4-14H2,1-3H3. The molecular weight excluding hydrogens is 246 g/mol. The minimum Gasteiger partial charge on any atom is -0.374 e. The lowest BCUT2D eigenvalue weighted by atomic mass is 9.77. The maximum atomic E-state index is 6.44. The molecule has 2 fully saturated rings. The Kier molecular flexibility index (Phi) is 6.35. The number of nitrogens with one attached hydrogen (secondary N) is 1. The zero-order chi connectivity index (χ0) is 14.4. The first kappa shape index (κ1) is 16.3. The van der Waals surface area contributed by atoms with Gasteiger partial charge in [0.1, 0.15) is 0 Å². The first-order chi connectivity index (χ1) is 9.63. The highest BCUT2D eigenvalue weighted by Gasteiger charge is 2.36. The van der Waals surface area contributed by atoms with Crippen molar-refractivity contribution in [3.63, 3.8) is 0 Å². The van der Waals surface area contributed by atoms with Gasteiger partial charge in [0, 0.05) is 19.2 Å². The Bertz CT molecular complexity index is 265. The first-order valence-corrected chi connectivity index (χ1v) is 9.01. The summed E-state index contributed by atoms with van der Waals surface area (Å²) >= 11 is 0. The Hall–Kier alpha value is -0.0800. The molecule has 0 aliphatic heterocycles. The number of rotatable bonds is 9. The predicted octanol–water partition coefficient (Wildman–Crippen LogP) is 4.53. The molecule has 2 heteroatoms. The molecule has 0 spiro atoms. The smallest absolute Gasteiger partial charge is 0.0806 e. The monoisotopic (exact) mass is 281 g/mol. The first-order valence-electron chi connectivity index (χ1n) is 9.01. The van der Waals surface area contributed by atoms with Crippen LogP contribution in [-0.4, -0.2) is 24.8 Å². The summed E-state index contributed by atoms with van der Waals surface area (Å²) in [5.74, 6) is 1.95. The summed E-state index contributed by atoms with van der Waals surface area (Å²) in [5, 5.41) is 3.63. The Labute approximate surface area is 126 Å². The summed E-state index contributed by atoms with van der Waals surface area (Å²) in [6.07, 6.45) is 12.2. The van der Waals surface area contributed by atoms with Crippen LogP contribution in [-0.2, 0) is 4.74 Å². The van der Waals surface area contributed by atoms with Crippen LogP contribution in [0.2, 0.25) is 0 Å². The van der Waals surface area contributed by atoms with Crippen molar-refractivity contribution in [1.82, 2.24) is 5.32 Å². The summed E-state index contributed by atoms with van der Waals surface area (Å²) in [5.41, 5.74) is 0.142. The van der Waals surface area contributed by atoms with E-state index in [0.29, 0.717) is 6.04 Å². The fraction of sp³-hybridized carbons (Fsp3) is 1.00. The lowest BCUT2D eigenvalue weighted by Crippen LogP contribution is -2.47. The molecule has 0 aromatic heterocycles. The molecule has 2 aliphatic carbocycles. The van der Waals surface area contributed by atoms with Gasteiger partial charge < -0.3 is 10.1 Å². The van der Waals surface area contributed by atoms with Gasteiger partial charge >= 0.3 is 0 Å². The molecule has 0 heterocycles. The van der Waals surface area contributed by atoms with Crippen LogP contribution in [0.15, 0.2) is 0 Å². The SMILES string of the molecule is CCCC1CCC(CNC(C)C)(OCCC2CC2)CC1. The predicted molar refractivity (Wildman–Crippen MR) is 86.0 cm³/mol. The zero-order valence-electron chi connectivity index (χ0n) is 13.9. The van der Waals surface area contributed by atoms with Crippen LogP contribution in [0.3, 0.4) is 0 Å². The number of hydrogen-bond donors (Lipinski definition) is 1. The second-order valence-electron chi connectivity index (χ2n) is 7.53. The van der Waals surface area contributed by atoms with Crippen LogP contribution in [0.25, 0.3) is 0 Å². The van der Waals surface area contributed by atoms with Crippen molar-refractivity contribution in [3.05, 3.63) is 0 Å². The molecule has 0 radical (unpaired) electrons. The average molecular weight is 281 g/mol. The van der Waals surface area contributed by atoms with E-state index < -0.39 is 0 Å². The Morgan fingerprint density at radius 3 is 2.25 bits per heavy atom. The highest BCUT2D eigenvalue weighted by atomic mass is 16.5. The van der Waals surface area contributed by atoms with Crippen molar-refractivity contribution < 1.29 is 4.74 Å². The van der Waals surface area contributed by atoms with Gasteiger partial charge in [-0.05, 0) is 43.9 Å². The van der Waals surface area contributed by atoms with Gasteiger partial charge in [-0.15, -0.1) is 0 Å². The molecule has 0 amide bonds. The highest BCUT2D eigenvalue weighted by Crippen LogP contribution is 2.38. The third-order valence-corrected chi connectivity index (χ3v) is 5.18. The summed E-state index contributed by atoms with van der Waals surface area (Å²) in [7, 11) is 0. The molecule has 20 heavy (non-hydrogen) atoms. The van der Waals surface area contributed by atoms with E-state index in [0.717, 1.165) is 25.0 Å². The fourth-order valence-corrected chi connectivity index (χ4v) is 3.51. The molecule has 2 aliphatic rings. The van der Waals surface area contributed by atoms with Crippen molar-refractivity contribution in [2.45, 2.75) is 90.2 Å². The fourth-order valence-electron chi connectivity index (χ4n) is 3.51. The van der Waals surface area contributed by atoms with Crippen LogP contribution in [0, 0.1) is 11.8 Å². The van der Waals surface area contributed by atoms with E-state index in [1.165, 1.54) is 57.8 Å². The van der Waals surface area contributed by atoms with Crippen LogP contribution in [0.1, 0.15) is 78.6 Å². The Balaban J connectivity index is 1.79. The molecule has 118 valence electrons. The van der Waals surface area contributed by atoms with E-state index in [1.807, 2.05) is 0 Å². The normalized spacial score (nSPS) is 30.9. The molecule has 0 unspecified atom stereocenters. The maximum Gasteiger partial charge on any atom is 0.0806 e. The van der Waals surface area contributed by atoms with E-state index in [2.05, 4.69) is 26.1 Å². The summed E-state index contributed by atoms with van der Waals surface area (Å²) in [6.45, 7) is 8.83. The van der Waals surface area contributed by atoms with Crippen LogP contribution in [0.5, 0.6) is 0 Å². The zero-order valence-corrected chi connectivity index (χ0v) is 13.9. The minimum atomic E-state index is 0.142. The van der Waals surface area contributed by atoms with E-state index >= 15 is 0 Å². The average Bonchev–Trinajstić information content (AvgIpc) is 3.24. The molecule has 2 rings (SSSR count). The molecule has 0 atom stereocenters. The molecule has 2 nitrogen and oxygen atoms in total. The van der Waals surface area contributed by atoms with E-state index in [4.69, 9.17) is 4.74 Å². The van der Waals surface area contributed by atoms with Crippen molar-refractivity contribution in [1.29, 1.82) is 0 Å². The van der Waals surface area contributed by atoms with Gasteiger partial charge in [-0.3, -0.25) is 0 Å². The lowest BCUT2D eigenvalue weighted by molar-refractivity contribution is -0.0795. The summed E-state index contributed by atoms with van der Waals surface area (Å²) in [4.78, 5) is 0. The molecule has 0 bridgehead atoms.